The Morgan fingerprint density at radius 1 is 1.31 bits per heavy atom. The molecule has 1 aliphatic heterocycles. The van der Waals surface area contributed by atoms with Gasteiger partial charge in [-0.3, -0.25) is 9.59 Å². The zero-order chi connectivity index (χ0) is 21.1. The third kappa shape index (κ3) is 5.30. The van der Waals surface area contributed by atoms with Gasteiger partial charge in [0.2, 0.25) is 0 Å². The molecule has 162 valence electrons. The third-order valence-electron chi connectivity index (χ3n) is 6.93. The first-order chi connectivity index (χ1) is 13.8. The summed E-state index contributed by atoms with van der Waals surface area (Å²) in [6.07, 6.45) is 9.70. The number of allylic oxidation sites excluding steroid dienone is 3. The van der Waals surface area contributed by atoms with E-state index in [4.69, 9.17) is 9.47 Å². The lowest BCUT2D eigenvalue weighted by molar-refractivity contribution is -0.162. The van der Waals surface area contributed by atoms with Crippen LogP contribution in [0.4, 0.5) is 0 Å². The van der Waals surface area contributed by atoms with Gasteiger partial charge >= 0.3 is 11.9 Å². The highest BCUT2D eigenvalue weighted by Crippen LogP contribution is 2.45. The first-order valence-corrected chi connectivity index (χ1v) is 11.3. The van der Waals surface area contributed by atoms with E-state index in [-0.39, 0.29) is 42.4 Å². The molecule has 5 nitrogen and oxygen atoms in total. The quantitative estimate of drug-likeness (QED) is 0.672. The van der Waals surface area contributed by atoms with Gasteiger partial charge < -0.3 is 14.6 Å². The van der Waals surface area contributed by atoms with Gasteiger partial charge in [0.25, 0.3) is 0 Å². The smallest absolute Gasteiger partial charge is 0.308 e. The summed E-state index contributed by atoms with van der Waals surface area (Å²) in [7, 11) is 0. The normalized spacial score (nSPS) is 37.9. The Balaban J connectivity index is 1.74. The van der Waals surface area contributed by atoms with Crippen molar-refractivity contribution in [2.45, 2.75) is 84.5 Å². The van der Waals surface area contributed by atoms with Crippen molar-refractivity contribution < 1.29 is 24.2 Å². The maximum Gasteiger partial charge on any atom is 0.308 e. The number of esters is 2. The zero-order valence-electron chi connectivity index (χ0n) is 18.2. The highest BCUT2D eigenvalue weighted by atomic mass is 16.5. The van der Waals surface area contributed by atoms with Crippen LogP contribution in [0.1, 0.15) is 66.2 Å². The summed E-state index contributed by atoms with van der Waals surface area (Å²) >= 11 is 0. The first kappa shape index (κ1) is 22.1. The minimum Gasteiger partial charge on any atom is -0.462 e. The Morgan fingerprint density at radius 2 is 2.07 bits per heavy atom. The highest BCUT2D eigenvalue weighted by molar-refractivity contribution is 5.72. The van der Waals surface area contributed by atoms with Crippen molar-refractivity contribution in [1.29, 1.82) is 0 Å². The molecule has 0 amide bonds. The van der Waals surface area contributed by atoms with Gasteiger partial charge in [0, 0.05) is 12.3 Å². The van der Waals surface area contributed by atoms with Crippen molar-refractivity contribution in [1.82, 2.24) is 0 Å². The van der Waals surface area contributed by atoms with Gasteiger partial charge in [0.15, 0.2) is 0 Å². The molecule has 0 bridgehead atoms. The molecule has 1 heterocycles. The molecule has 0 radical (unpaired) electrons. The van der Waals surface area contributed by atoms with Gasteiger partial charge in [-0.05, 0) is 49.0 Å². The van der Waals surface area contributed by atoms with Gasteiger partial charge in [-0.15, -0.1) is 0 Å². The van der Waals surface area contributed by atoms with Crippen molar-refractivity contribution in [3.05, 3.63) is 23.8 Å². The van der Waals surface area contributed by atoms with Gasteiger partial charge in [-0.1, -0.05) is 45.9 Å². The fraction of sp³-hybridized carbons (Fsp3) is 0.750. The van der Waals surface area contributed by atoms with E-state index >= 15 is 0 Å². The van der Waals surface area contributed by atoms with Crippen LogP contribution in [0.25, 0.3) is 0 Å². The van der Waals surface area contributed by atoms with Gasteiger partial charge in [-0.25, -0.2) is 0 Å². The summed E-state index contributed by atoms with van der Waals surface area (Å²) in [5.74, 6) is 0.755. The topological polar surface area (TPSA) is 72.8 Å². The molecule has 0 aromatic heterocycles. The van der Waals surface area contributed by atoms with Crippen molar-refractivity contribution in [2.24, 2.45) is 29.6 Å². The van der Waals surface area contributed by atoms with E-state index in [2.05, 4.69) is 32.1 Å². The number of hydrogen-bond donors (Lipinski definition) is 1. The minimum absolute atomic E-state index is 0.0854. The molecule has 0 spiro atoms. The Labute approximate surface area is 174 Å². The van der Waals surface area contributed by atoms with Gasteiger partial charge in [0.1, 0.15) is 12.2 Å². The number of ether oxygens (including phenoxy) is 2. The van der Waals surface area contributed by atoms with Crippen molar-refractivity contribution in [2.75, 3.05) is 0 Å². The van der Waals surface area contributed by atoms with Crippen LogP contribution in [-0.2, 0) is 19.1 Å². The number of aliphatic hydroxyl groups is 1. The molecular formula is C24H36O5. The Morgan fingerprint density at radius 3 is 2.76 bits per heavy atom. The summed E-state index contributed by atoms with van der Waals surface area (Å²) in [6.45, 7) is 8.33. The van der Waals surface area contributed by atoms with Crippen LogP contribution < -0.4 is 0 Å². The number of hydrogen-bond acceptors (Lipinski definition) is 5. The summed E-state index contributed by atoms with van der Waals surface area (Å²) < 4.78 is 11.5. The standard InChI is InChI=1S/C24H36O5/c1-5-15(3)24(27)29-21-11-14(2)10-17-7-6-16(4)20(23(17)21)9-8-19-12-18(25)13-22(26)28-19/h6-7,10,14-16,18-21,23,25H,5,8-9,11-13H2,1-4H3/t14-,15-,16?,18?,19+,20?,21-,23?/m0/s1. The molecular weight excluding hydrogens is 368 g/mol. The zero-order valence-corrected chi connectivity index (χ0v) is 18.2. The molecule has 1 N–H and O–H groups in total. The number of aliphatic hydroxyl groups excluding tert-OH is 1. The minimum atomic E-state index is -0.597. The monoisotopic (exact) mass is 404 g/mol. The molecule has 1 saturated heterocycles. The number of carbonyl (C=O) groups excluding carboxylic acids is 2. The fourth-order valence-corrected chi connectivity index (χ4v) is 5.07. The van der Waals surface area contributed by atoms with E-state index in [9.17, 15) is 14.7 Å². The second-order valence-electron chi connectivity index (χ2n) is 9.36. The Hall–Kier alpha value is -1.62. The third-order valence-corrected chi connectivity index (χ3v) is 6.93. The molecule has 0 aromatic carbocycles. The molecule has 0 aromatic rings. The maximum atomic E-state index is 12.5. The second kappa shape index (κ2) is 9.46. The average molecular weight is 405 g/mol. The number of rotatable bonds is 6. The first-order valence-electron chi connectivity index (χ1n) is 11.3. The Kier molecular flexibility index (Phi) is 7.20. The molecule has 4 unspecified atom stereocenters. The van der Waals surface area contributed by atoms with Crippen LogP contribution in [0.5, 0.6) is 0 Å². The number of cyclic esters (lactones) is 1. The summed E-state index contributed by atoms with van der Waals surface area (Å²) in [5.41, 5.74) is 1.27. The van der Waals surface area contributed by atoms with E-state index in [0.717, 1.165) is 25.7 Å². The Bertz CT molecular complexity index is 666. The largest absolute Gasteiger partial charge is 0.462 e. The molecule has 8 atom stereocenters. The van der Waals surface area contributed by atoms with E-state index in [1.54, 1.807) is 0 Å². The summed E-state index contributed by atoms with van der Waals surface area (Å²) in [6, 6.07) is 0. The van der Waals surface area contributed by atoms with Crippen molar-refractivity contribution in [3.8, 4) is 0 Å². The molecule has 29 heavy (non-hydrogen) atoms. The van der Waals surface area contributed by atoms with E-state index < -0.39 is 6.10 Å². The molecule has 3 rings (SSSR count). The SMILES string of the molecule is CC[C@H](C)C(=O)O[C@H]1C[C@@H](C)C=C2C=CC(C)C(CC[C@@H]3CC(O)CC(=O)O3)C21. The molecule has 0 saturated carbocycles. The number of fused-ring (bicyclic) bond motifs is 1. The maximum absolute atomic E-state index is 12.5. The van der Waals surface area contributed by atoms with Crippen LogP contribution in [0.15, 0.2) is 23.8 Å². The molecule has 1 fully saturated rings. The van der Waals surface area contributed by atoms with Crippen molar-refractivity contribution in [3.63, 3.8) is 0 Å². The summed E-state index contributed by atoms with van der Waals surface area (Å²) in [4.78, 5) is 24.2. The number of carbonyl (C=O) groups is 2. The highest BCUT2D eigenvalue weighted by Gasteiger charge is 2.42. The second-order valence-corrected chi connectivity index (χ2v) is 9.36. The summed E-state index contributed by atoms with van der Waals surface area (Å²) in [5, 5.41) is 9.89. The van der Waals surface area contributed by atoms with Crippen LogP contribution in [0.3, 0.4) is 0 Å². The van der Waals surface area contributed by atoms with Crippen LogP contribution in [0.2, 0.25) is 0 Å². The van der Waals surface area contributed by atoms with Crippen LogP contribution >= 0.6 is 0 Å². The predicted octanol–water partition coefficient (Wildman–Crippen LogP) is 4.20. The molecule has 5 heteroatoms. The lowest BCUT2D eigenvalue weighted by Crippen LogP contribution is -2.42. The van der Waals surface area contributed by atoms with Crippen molar-refractivity contribution >= 4 is 11.9 Å². The van der Waals surface area contributed by atoms with Gasteiger partial charge in [-0.2, -0.15) is 0 Å². The van der Waals surface area contributed by atoms with E-state index in [0.29, 0.717) is 24.2 Å². The lowest BCUT2D eigenvalue weighted by atomic mass is 9.65. The lowest BCUT2D eigenvalue weighted by Gasteiger charge is -2.43. The van der Waals surface area contributed by atoms with E-state index in [1.165, 1.54) is 5.57 Å². The van der Waals surface area contributed by atoms with Crippen LogP contribution in [-0.4, -0.2) is 35.4 Å². The average Bonchev–Trinajstić information content (AvgIpc) is 2.65. The molecule has 2 aliphatic carbocycles. The molecule has 3 aliphatic rings. The fourth-order valence-electron chi connectivity index (χ4n) is 5.07. The predicted molar refractivity (Wildman–Crippen MR) is 111 cm³/mol. The van der Waals surface area contributed by atoms with Gasteiger partial charge in [0.05, 0.1) is 18.4 Å². The van der Waals surface area contributed by atoms with E-state index in [1.807, 2.05) is 13.8 Å². The van der Waals surface area contributed by atoms with Crippen LogP contribution in [0, 0.1) is 29.6 Å².